The van der Waals surface area contributed by atoms with Gasteiger partial charge in [-0.2, -0.15) is 11.8 Å². The molecular formula is C13H23IN4OS. The highest BCUT2D eigenvalue weighted by atomic mass is 127. The van der Waals surface area contributed by atoms with Gasteiger partial charge in [0.05, 0.1) is 5.69 Å². The summed E-state index contributed by atoms with van der Waals surface area (Å²) in [7, 11) is 0. The maximum absolute atomic E-state index is 6.00. The van der Waals surface area contributed by atoms with Crippen molar-refractivity contribution >= 4 is 41.7 Å². The first-order chi connectivity index (χ1) is 9.18. The van der Waals surface area contributed by atoms with Crippen LogP contribution in [0.2, 0.25) is 0 Å². The molecule has 0 amide bonds. The van der Waals surface area contributed by atoms with Gasteiger partial charge in [-0.15, -0.1) is 24.0 Å². The Labute approximate surface area is 141 Å². The van der Waals surface area contributed by atoms with Crippen molar-refractivity contribution in [2.24, 2.45) is 10.7 Å². The molecule has 2 heterocycles. The molecule has 0 unspecified atom stereocenters. The fourth-order valence-corrected chi connectivity index (χ4v) is 3.10. The normalized spacial score (nSPS) is 16.1. The van der Waals surface area contributed by atoms with Gasteiger partial charge in [0.15, 0.2) is 5.96 Å². The molecule has 0 aromatic carbocycles. The minimum atomic E-state index is 0. The fourth-order valence-electron chi connectivity index (χ4n) is 2.20. The van der Waals surface area contributed by atoms with Crippen molar-refractivity contribution in [3.63, 3.8) is 0 Å². The number of halogens is 1. The van der Waals surface area contributed by atoms with E-state index in [1.807, 2.05) is 25.6 Å². The molecule has 0 aliphatic carbocycles. The first kappa shape index (κ1) is 17.6. The molecular weight excluding hydrogens is 387 g/mol. The topological polar surface area (TPSA) is 67.6 Å². The Bertz CT molecular complexity index is 424. The van der Waals surface area contributed by atoms with Gasteiger partial charge in [-0.1, -0.05) is 5.16 Å². The largest absolute Gasteiger partial charge is 0.370 e. The molecule has 114 valence electrons. The lowest BCUT2D eigenvalue weighted by molar-refractivity contribution is 0.392. The van der Waals surface area contributed by atoms with Gasteiger partial charge < -0.3 is 15.2 Å². The number of aromatic nitrogens is 1. The number of aryl methyl sites for hydroxylation is 2. The third kappa shape index (κ3) is 4.83. The molecule has 0 radical (unpaired) electrons. The molecule has 1 aliphatic heterocycles. The molecule has 5 nitrogen and oxygen atoms in total. The van der Waals surface area contributed by atoms with E-state index in [1.54, 1.807) is 0 Å². The minimum absolute atomic E-state index is 0. The zero-order chi connectivity index (χ0) is 13.7. The number of hydrogen-bond donors (Lipinski definition) is 1. The Balaban J connectivity index is 0.00000200. The average molecular weight is 410 g/mol. The van der Waals surface area contributed by atoms with Crippen LogP contribution in [-0.4, -0.2) is 47.2 Å². The van der Waals surface area contributed by atoms with Crippen molar-refractivity contribution < 1.29 is 4.52 Å². The summed E-state index contributed by atoms with van der Waals surface area (Å²) in [5.74, 6) is 3.91. The summed E-state index contributed by atoms with van der Waals surface area (Å²) in [5, 5.41) is 3.96. The SMILES string of the molecule is Cc1noc(C)c1CCCN=C(N)N1CCSCC1.I. The summed E-state index contributed by atoms with van der Waals surface area (Å²) >= 11 is 1.98. The van der Waals surface area contributed by atoms with Gasteiger partial charge in [0.1, 0.15) is 5.76 Å². The standard InChI is InChI=1S/C13H22N4OS.HI/c1-10-12(11(2)18-16-10)4-3-5-15-13(14)17-6-8-19-9-7-17;/h3-9H2,1-2H3,(H2,14,15);1H. The zero-order valence-electron chi connectivity index (χ0n) is 12.1. The molecule has 0 spiro atoms. The summed E-state index contributed by atoms with van der Waals surface area (Å²) < 4.78 is 5.15. The van der Waals surface area contributed by atoms with Crippen molar-refractivity contribution in [1.82, 2.24) is 10.1 Å². The van der Waals surface area contributed by atoms with Crippen LogP contribution in [-0.2, 0) is 6.42 Å². The molecule has 0 bridgehead atoms. The van der Waals surface area contributed by atoms with Gasteiger partial charge in [0, 0.05) is 36.7 Å². The maximum atomic E-state index is 6.00. The van der Waals surface area contributed by atoms with Gasteiger partial charge in [-0.25, -0.2) is 0 Å². The van der Waals surface area contributed by atoms with Crippen LogP contribution >= 0.6 is 35.7 Å². The van der Waals surface area contributed by atoms with E-state index in [1.165, 1.54) is 5.56 Å². The summed E-state index contributed by atoms with van der Waals surface area (Å²) in [5.41, 5.74) is 8.20. The maximum Gasteiger partial charge on any atom is 0.191 e. The number of aliphatic imine (C=N–C) groups is 1. The van der Waals surface area contributed by atoms with Crippen LogP contribution in [0.4, 0.5) is 0 Å². The summed E-state index contributed by atoms with van der Waals surface area (Å²) in [6, 6.07) is 0. The van der Waals surface area contributed by atoms with E-state index >= 15 is 0 Å². The highest BCUT2D eigenvalue weighted by Gasteiger charge is 2.12. The first-order valence-electron chi connectivity index (χ1n) is 6.73. The highest BCUT2D eigenvalue weighted by molar-refractivity contribution is 14.0. The summed E-state index contributed by atoms with van der Waals surface area (Å²) in [4.78, 5) is 6.64. The predicted molar refractivity (Wildman–Crippen MR) is 95.1 cm³/mol. The van der Waals surface area contributed by atoms with Gasteiger partial charge >= 0.3 is 0 Å². The molecule has 2 N–H and O–H groups in total. The van der Waals surface area contributed by atoms with Crippen LogP contribution in [0.1, 0.15) is 23.4 Å². The quantitative estimate of drug-likeness (QED) is 0.357. The van der Waals surface area contributed by atoms with E-state index in [0.717, 1.165) is 55.4 Å². The Hall–Kier alpha value is -0.440. The lowest BCUT2D eigenvalue weighted by atomic mass is 10.1. The molecule has 7 heteroatoms. The van der Waals surface area contributed by atoms with Crippen LogP contribution in [0.3, 0.4) is 0 Å². The van der Waals surface area contributed by atoms with Crippen LogP contribution in [0, 0.1) is 13.8 Å². The molecule has 0 atom stereocenters. The first-order valence-corrected chi connectivity index (χ1v) is 7.88. The van der Waals surface area contributed by atoms with Gasteiger partial charge in [0.2, 0.25) is 0 Å². The second kappa shape index (κ2) is 8.76. The Morgan fingerprint density at radius 3 is 2.70 bits per heavy atom. The number of hydrogen-bond acceptors (Lipinski definition) is 4. The van der Waals surface area contributed by atoms with E-state index < -0.39 is 0 Å². The molecule has 0 saturated carbocycles. The van der Waals surface area contributed by atoms with E-state index in [-0.39, 0.29) is 24.0 Å². The third-order valence-corrected chi connectivity index (χ3v) is 4.32. The number of thioether (sulfide) groups is 1. The Morgan fingerprint density at radius 2 is 2.10 bits per heavy atom. The van der Waals surface area contributed by atoms with E-state index in [9.17, 15) is 0 Å². The van der Waals surface area contributed by atoms with Crippen molar-refractivity contribution in [2.45, 2.75) is 26.7 Å². The molecule has 1 fully saturated rings. The average Bonchev–Trinajstić information content (AvgIpc) is 2.75. The monoisotopic (exact) mass is 410 g/mol. The molecule has 1 aromatic rings. The minimum Gasteiger partial charge on any atom is -0.370 e. The molecule has 20 heavy (non-hydrogen) atoms. The molecule has 1 saturated heterocycles. The van der Waals surface area contributed by atoms with E-state index in [0.29, 0.717) is 5.96 Å². The second-order valence-corrected chi connectivity index (χ2v) is 5.97. The zero-order valence-corrected chi connectivity index (χ0v) is 15.2. The van der Waals surface area contributed by atoms with Gasteiger partial charge in [-0.3, -0.25) is 4.99 Å². The molecule has 1 aromatic heterocycles. The van der Waals surface area contributed by atoms with E-state index in [2.05, 4.69) is 15.0 Å². The fraction of sp³-hybridized carbons (Fsp3) is 0.692. The van der Waals surface area contributed by atoms with E-state index in [4.69, 9.17) is 10.3 Å². The molecule has 1 aliphatic rings. The number of guanidine groups is 1. The Morgan fingerprint density at radius 1 is 1.40 bits per heavy atom. The van der Waals surface area contributed by atoms with Gasteiger partial charge in [-0.05, 0) is 26.7 Å². The van der Waals surface area contributed by atoms with Crippen LogP contribution < -0.4 is 5.73 Å². The number of rotatable bonds is 4. The summed E-state index contributed by atoms with van der Waals surface area (Å²) in [6.45, 7) is 6.74. The summed E-state index contributed by atoms with van der Waals surface area (Å²) in [6.07, 6.45) is 1.93. The number of nitrogens with zero attached hydrogens (tertiary/aromatic N) is 3. The number of nitrogens with two attached hydrogens (primary N) is 1. The van der Waals surface area contributed by atoms with Crippen molar-refractivity contribution in [3.05, 3.63) is 17.0 Å². The van der Waals surface area contributed by atoms with Crippen LogP contribution in [0.15, 0.2) is 9.52 Å². The lowest BCUT2D eigenvalue weighted by Gasteiger charge is -2.27. The second-order valence-electron chi connectivity index (χ2n) is 4.75. The van der Waals surface area contributed by atoms with Crippen LogP contribution in [0.5, 0.6) is 0 Å². The Kier molecular flexibility index (Phi) is 7.71. The third-order valence-electron chi connectivity index (χ3n) is 3.37. The van der Waals surface area contributed by atoms with Crippen molar-refractivity contribution in [1.29, 1.82) is 0 Å². The van der Waals surface area contributed by atoms with Crippen molar-refractivity contribution in [3.8, 4) is 0 Å². The van der Waals surface area contributed by atoms with Gasteiger partial charge in [0.25, 0.3) is 0 Å². The smallest absolute Gasteiger partial charge is 0.191 e. The highest BCUT2D eigenvalue weighted by Crippen LogP contribution is 2.14. The van der Waals surface area contributed by atoms with Crippen LogP contribution in [0.25, 0.3) is 0 Å². The predicted octanol–water partition coefficient (Wildman–Crippen LogP) is 2.21. The lowest BCUT2D eigenvalue weighted by Crippen LogP contribution is -2.42. The molecule has 2 rings (SSSR count). The van der Waals surface area contributed by atoms with Crippen molar-refractivity contribution in [2.75, 3.05) is 31.1 Å².